The molecule has 0 saturated heterocycles. The highest BCUT2D eigenvalue weighted by atomic mass is 35.5. The lowest BCUT2D eigenvalue weighted by Crippen LogP contribution is -2.45. The Balaban J connectivity index is 1.82. The quantitative estimate of drug-likeness (QED) is 0.654. The molecule has 1 atom stereocenters. The molecule has 1 fully saturated rings. The third kappa shape index (κ3) is 2.56. The minimum absolute atomic E-state index is 0.201. The molecule has 0 amide bonds. The molecule has 2 nitrogen and oxygen atoms in total. The van der Waals surface area contributed by atoms with Gasteiger partial charge in [0.05, 0.1) is 4.34 Å². The van der Waals surface area contributed by atoms with Gasteiger partial charge < -0.3 is 0 Å². The maximum Gasteiger partial charge on any atom is 0.0931 e. The van der Waals surface area contributed by atoms with Crippen molar-refractivity contribution in [1.29, 1.82) is 0 Å². The van der Waals surface area contributed by atoms with Gasteiger partial charge in [-0.2, -0.15) is 0 Å². The molecule has 1 saturated carbocycles. The van der Waals surface area contributed by atoms with Gasteiger partial charge in [0.2, 0.25) is 0 Å². The second kappa shape index (κ2) is 5.25. The molecular formula is C15H17ClN2S. The third-order valence-corrected chi connectivity index (χ3v) is 5.29. The first kappa shape index (κ1) is 13.1. The van der Waals surface area contributed by atoms with Crippen molar-refractivity contribution in [3.8, 4) is 0 Å². The molecule has 1 heterocycles. The van der Waals surface area contributed by atoms with E-state index in [4.69, 9.17) is 17.4 Å². The predicted molar refractivity (Wildman–Crippen MR) is 81.5 cm³/mol. The van der Waals surface area contributed by atoms with Crippen molar-refractivity contribution in [3.63, 3.8) is 0 Å². The van der Waals surface area contributed by atoms with Crippen LogP contribution in [0.25, 0.3) is 0 Å². The monoisotopic (exact) mass is 292 g/mol. The average Bonchev–Trinajstić information content (AvgIpc) is 3.15. The lowest BCUT2D eigenvalue weighted by Gasteiger charge is -2.26. The number of thiophene rings is 1. The summed E-state index contributed by atoms with van der Waals surface area (Å²) in [6.07, 6.45) is 3.33. The molecule has 1 aliphatic rings. The molecule has 2 aromatic rings. The standard InChI is InChI=1S/C15H17ClN2S/c16-14-7-6-12(19-14)10-13(18-17)15(8-9-15)11-4-2-1-3-5-11/h1-7,13,18H,8-10,17H2. The van der Waals surface area contributed by atoms with Crippen molar-refractivity contribution >= 4 is 22.9 Å². The van der Waals surface area contributed by atoms with E-state index in [1.807, 2.05) is 6.07 Å². The van der Waals surface area contributed by atoms with E-state index < -0.39 is 0 Å². The van der Waals surface area contributed by atoms with Gasteiger partial charge in [-0.3, -0.25) is 11.3 Å². The van der Waals surface area contributed by atoms with Crippen molar-refractivity contribution in [2.75, 3.05) is 0 Å². The lowest BCUT2D eigenvalue weighted by molar-refractivity contribution is 0.423. The van der Waals surface area contributed by atoms with Crippen LogP contribution < -0.4 is 11.3 Å². The van der Waals surface area contributed by atoms with Crippen LogP contribution >= 0.6 is 22.9 Å². The van der Waals surface area contributed by atoms with Crippen LogP contribution in [0, 0.1) is 0 Å². The summed E-state index contributed by atoms with van der Waals surface area (Å²) >= 11 is 7.64. The van der Waals surface area contributed by atoms with E-state index in [1.54, 1.807) is 11.3 Å². The van der Waals surface area contributed by atoms with Gasteiger partial charge in [-0.15, -0.1) is 11.3 Å². The molecule has 1 aromatic carbocycles. The zero-order valence-electron chi connectivity index (χ0n) is 10.6. The Morgan fingerprint density at radius 2 is 1.95 bits per heavy atom. The molecule has 3 N–H and O–H groups in total. The number of halogens is 1. The van der Waals surface area contributed by atoms with Gasteiger partial charge in [0.15, 0.2) is 0 Å². The van der Waals surface area contributed by atoms with Crippen molar-refractivity contribution < 1.29 is 0 Å². The topological polar surface area (TPSA) is 38.0 Å². The van der Waals surface area contributed by atoms with Crippen LogP contribution in [-0.4, -0.2) is 6.04 Å². The first-order valence-corrected chi connectivity index (χ1v) is 7.70. The minimum Gasteiger partial charge on any atom is -0.271 e. The van der Waals surface area contributed by atoms with E-state index >= 15 is 0 Å². The van der Waals surface area contributed by atoms with Crippen molar-refractivity contribution in [3.05, 3.63) is 57.2 Å². The zero-order chi connectivity index (χ0) is 13.3. The summed E-state index contributed by atoms with van der Waals surface area (Å²) in [5.41, 5.74) is 4.61. The Hall–Kier alpha value is -0.870. The molecule has 4 heteroatoms. The number of hydrazine groups is 1. The Morgan fingerprint density at radius 3 is 2.47 bits per heavy atom. The Labute approximate surface area is 122 Å². The van der Waals surface area contributed by atoms with E-state index in [2.05, 4.69) is 41.8 Å². The lowest BCUT2D eigenvalue weighted by atomic mass is 9.86. The smallest absolute Gasteiger partial charge is 0.0931 e. The fourth-order valence-electron chi connectivity index (χ4n) is 2.82. The van der Waals surface area contributed by atoms with Crippen LogP contribution in [0.2, 0.25) is 4.34 Å². The van der Waals surface area contributed by atoms with Gasteiger partial charge in [-0.25, -0.2) is 0 Å². The fraction of sp³-hybridized carbons (Fsp3) is 0.333. The summed E-state index contributed by atoms with van der Waals surface area (Å²) < 4.78 is 0.843. The SMILES string of the molecule is NNC(Cc1ccc(Cl)s1)C1(c2ccccc2)CC1. The number of rotatable bonds is 5. The van der Waals surface area contributed by atoms with Gasteiger partial charge >= 0.3 is 0 Å². The molecule has 0 radical (unpaired) electrons. The summed E-state index contributed by atoms with van der Waals surface area (Å²) in [5.74, 6) is 5.81. The molecule has 0 aliphatic heterocycles. The summed E-state index contributed by atoms with van der Waals surface area (Å²) in [6, 6.07) is 15.0. The van der Waals surface area contributed by atoms with Gasteiger partial charge in [-0.1, -0.05) is 41.9 Å². The van der Waals surface area contributed by atoms with E-state index in [0.717, 1.165) is 10.8 Å². The van der Waals surface area contributed by atoms with E-state index in [9.17, 15) is 0 Å². The maximum atomic E-state index is 6.00. The third-order valence-electron chi connectivity index (χ3n) is 4.04. The summed E-state index contributed by atoms with van der Waals surface area (Å²) in [6.45, 7) is 0. The second-order valence-corrected chi connectivity index (χ2v) is 6.95. The van der Waals surface area contributed by atoms with Gasteiger partial charge in [-0.05, 0) is 37.0 Å². The van der Waals surface area contributed by atoms with Crippen LogP contribution in [0.1, 0.15) is 23.3 Å². The highest BCUT2D eigenvalue weighted by Crippen LogP contribution is 2.51. The minimum atomic E-state index is 0.201. The molecule has 0 spiro atoms. The zero-order valence-corrected chi connectivity index (χ0v) is 12.2. The van der Waals surface area contributed by atoms with Crippen molar-refractivity contribution in [1.82, 2.24) is 5.43 Å². The molecule has 1 unspecified atom stereocenters. The highest BCUT2D eigenvalue weighted by Gasteiger charge is 2.50. The summed E-state index contributed by atoms with van der Waals surface area (Å²) in [5, 5.41) is 0. The molecule has 19 heavy (non-hydrogen) atoms. The second-order valence-electron chi connectivity index (χ2n) is 5.15. The molecule has 3 rings (SSSR count). The number of nitrogens with two attached hydrogens (primary N) is 1. The fourth-order valence-corrected chi connectivity index (χ4v) is 3.95. The number of benzene rings is 1. The van der Waals surface area contributed by atoms with Crippen LogP contribution in [0.5, 0.6) is 0 Å². The molecule has 100 valence electrons. The maximum absolute atomic E-state index is 6.00. The molecular weight excluding hydrogens is 276 g/mol. The van der Waals surface area contributed by atoms with Crippen LogP contribution in [-0.2, 0) is 11.8 Å². The number of nitrogens with one attached hydrogen (secondary N) is 1. The normalized spacial score (nSPS) is 18.2. The first-order chi connectivity index (χ1) is 9.24. The average molecular weight is 293 g/mol. The molecule has 1 aliphatic carbocycles. The highest BCUT2D eigenvalue weighted by molar-refractivity contribution is 7.16. The number of hydrogen-bond acceptors (Lipinski definition) is 3. The predicted octanol–water partition coefficient (Wildman–Crippen LogP) is 3.51. The number of hydrogen-bond donors (Lipinski definition) is 2. The summed E-state index contributed by atoms with van der Waals surface area (Å²) in [7, 11) is 0. The van der Waals surface area contributed by atoms with Crippen molar-refractivity contribution in [2.24, 2.45) is 5.84 Å². The van der Waals surface area contributed by atoms with E-state index in [-0.39, 0.29) is 11.5 Å². The Morgan fingerprint density at radius 1 is 1.21 bits per heavy atom. The Kier molecular flexibility index (Phi) is 3.63. The van der Waals surface area contributed by atoms with E-state index in [0.29, 0.717) is 0 Å². The van der Waals surface area contributed by atoms with Gasteiger partial charge in [0.25, 0.3) is 0 Å². The van der Waals surface area contributed by atoms with Crippen molar-refractivity contribution in [2.45, 2.75) is 30.7 Å². The van der Waals surface area contributed by atoms with Gasteiger partial charge in [0.1, 0.15) is 0 Å². The van der Waals surface area contributed by atoms with Crippen LogP contribution in [0.4, 0.5) is 0 Å². The molecule has 0 bridgehead atoms. The molecule has 1 aromatic heterocycles. The van der Waals surface area contributed by atoms with Crippen LogP contribution in [0.15, 0.2) is 42.5 Å². The largest absolute Gasteiger partial charge is 0.271 e. The first-order valence-electron chi connectivity index (χ1n) is 6.50. The van der Waals surface area contributed by atoms with E-state index in [1.165, 1.54) is 23.3 Å². The Bertz CT molecular complexity index is 548. The summed E-state index contributed by atoms with van der Waals surface area (Å²) in [4.78, 5) is 1.29. The van der Waals surface area contributed by atoms with Gasteiger partial charge in [0, 0.05) is 16.3 Å². The van der Waals surface area contributed by atoms with Crippen LogP contribution in [0.3, 0.4) is 0 Å².